The molecule has 0 aromatic heterocycles. The molecule has 1 aromatic carbocycles. The van der Waals surface area contributed by atoms with Gasteiger partial charge in [0.05, 0.1) is 10.6 Å². The van der Waals surface area contributed by atoms with E-state index in [1.165, 1.54) is 6.07 Å². The molecule has 7 nitrogen and oxygen atoms in total. The first-order valence-corrected chi connectivity index (χ1v) is 6.26. The van der Waals surface area contributed by atoms with E-state index in [1.54, 1.807) is 13.1 Å². The largest absolute Gasteiger partial charge is 0.388 e. The number of nitrogens with zero attached hydrogens (tertiary/aromatic N) is 3. The summed E-state index contributed by atoms with van der Waals surface area (Å²) in [6.45, 7) is 3.77. The van der Waals surface area contributed by atoms with Crippen molar-refractivity contribution in [2.45, 2.75) is 0 Å². The maximum Gasteiger partial charge on any atom is 0.273 e. The lowest BCUT2D eigenvalue weighted by Crippen LogP contribution is -2.46. The Morgan fingerprint density at radius 2 is 1.79 bits per heavy atom. The maximum absolute atomic E-state index is 10.9. The summed E-state index contributed by atoms with van der Waals surface area (Å²) in [6.07, 6.45) is 0. The van der Waals surface area contributed by atoms with Crippen LogP contribution >= 0.6 is 0 Å². The molecule has 104 valence electrons. The normalized spacial score (nSPS) is 17.2. The number of hydrazine groups is 1. The first-order valence-electron chi connectivity index (χ1n) is 6.26. The number of hydrogen-bond acceptors (Lipinski definition) is 6. The van der Waals surface area contributed by atoms with Gasteiger partial charge in [-0.25, -0.2) is 5.01 Å². The number of non-ortho nitro benzene ring substituents is 1. The number of piperazine rings is 1. The summed E-state index contributed by atoms with van der Waals surface area (Å²) in [4.78, 5) is 12.8. The minimum Gasteiger partial charge on any atom is -0.388 e. The van der Waals surface area contributed by atoms with Crippen LogP contribution < -0.4 is 10.7 Å². The Morgan fingerprint density at radius 3 is 2.37 bits per heavy atom. The van der Waals surface area contributed by atoms with E-state index in [-0.39, 0.29) is 10.6 Å². The van der Waals surface area contributed by atoms with Crippen molar-refractivity contribution in [3.05, 3.63) is 28.3 Å². The molecular formula is C12H19N5O2. The van der Waals surface area contributed by atoms with Crippen LogP contribution in [0.2, 0.25) is 0 Å². The Hall–Kier alpha value is -1.86. The fourth-order valence-electron chi connectivity index (χ4n) is 2.03. The van der Waals surface area contributed by atoms with Crippen LogP contribution in [0.3, 0.4) is 0 Å². The van der Waals surface area contributed by atoms with Crippen molar-refractivity contribution in [1.29, 1.82) is 0 Å². The molecule has 1 fully saturated rings. The van der Waals surface area contributed by atoms with Crippen molar-refractivity contribution in [2.24, 2.45) is 0 Å². The van der Waals surface area contributed by atoms with Gasteiger partial charge in [-0.05, 0) is 13.1 Å². The third-order valence-electron chi connectivity index (χ3n) is 3.21. The smallest absolute Gasteiger partial charge is 0.273 e. The topological polar surface area (TPSA) is 73.7 Å². The van der Waals surface area contributed by atoms with Gasteiger partial charge in [0.25, 0.3) is 5.69 Å². The standard InChI is InChI=1S/C12H19N5O2/c1-13-10-7-11(9-12(8-10)17(18)19)14-16-5-3-15(2)4-6-16/h7-9,13-14H,3-6H2,1-2H3. The zero-order chi connectivity index (χ0) is 13.8. The molecule has 1 heterocycles. The molecule has 1 aliphatic rings. The Kier molecular flexibility index (Phi) is 4.18. The third kappa shape index (κ3) is 3.55. The van der Waals surface area contributed by atoms with Crippen molar-refractivity contribution in [3.8, 4) is 0 Å². The lowest BCUT2D eigenvalue weighted by Gasteiger charge is -2.33. The molecule has 0 amide bonds. The molecule has 1 saturated heterocycles. The Labute approximate surface area is 112 Å². The van der Waals surface area contributed by atoms with Gasteiger partial charge in [0.15, 0.2) is 0 Å². The van der Waals surface area contributed by atoms with Gasteiger partial charge < -0.3 is 15.6 Å². The summed E-state index contributed by atoms with van der Waals surface area (Å²) >= 11 is 0. The van der Waals surface area contributed by atoms with Gasteiger partial charge in [-0.1, -0.05) is 0 Å². The summed E-state index contributed by atoms with van der Waals surface area (Å²) in [6, 6.07) is 4.94. The minimum atomic E-state index is -0.379. The van der Waals surface area contributed by atoms with Gasteiger partial charge in [0.2, 0.25) is 0 Å². The van der Waals surface area contributed by atoms with E-state index in [9.17, 15) is 10.1 Å². The van der Waals surface area contributed by atoms with E-state index in [4.69, 9.17) is 0 Å². The summed E-state index contributed by atoms with van der Waals surface area (Å²) in [5.41, 5.74) is 4.79. The monoisotopic (exact) mass is 265 g/mol. The van der Waals surface area contributed by atoms with E-state index < -0.39 is 0 Å². The van der Waals surface area contributed by atoms with Crippen molar-refractivity contribution in [3.63, 3.8) is 0 Å². The number of likely N-dealkylation sites (N-methyl/N-ethyl adjacent to an activating group) is 1. The SMILES string of the molecule is CNc1cc(NN2CCN(C)CC2)cc([N+](=O)[O-])c1. The average molecular weight is 265 g/mol. The van der Waals surface area contributed by atoms with Gasteiger partial charge in [-0.3, -0.25) is 10.1 Å². The Morgan fingerprint density at radius 1 is 1.16 bits per heavy atom. The molecule has 19 heavy (non-hydrogen) atoms. The summed E-state index contributed by atoms with van der Waals surface area (Å²) < 4.78 is 0. The highest BCUT2D eigenvalue weighted by Gasteiger charge is 2.15. The van der Waals surface area contributed by atoms with Crippen molar-refractivity contribution >= 4 is 17.1 Å². The van der Waals surface area contributed by atoms with E-state index in [0.717, 1.165) is 37.6 Å². The van der Waals surface area contributed by atoms with E-state index >= 15 is 0 Å². The highest BCUT2D eigenvalue weighted by Crippen LogP contribution is 2.24. The first-order chi connectivity index (χ1) is 9.08. The third-order valence-corrected chi connectivity index (χ3v) is 3.21. The summed E-state index contributed by atoms with van der Waals surface area (Å²) in [5, 5.41) is 15.9. The second-order valence-electron chi connectivity index (χ2n) is 4.68. The molecule has 1 aromatic rings. The van der Waals surface area contributed by atoms with Crippen LogP contribution in [0.5, 0.6) is 0 Å². The Bertz CT molecular complexity index is 457. The molecular weight excluding hydrogens is 246 g/mol. The maximum atomic E-state index is 10.9. The highest BCUT2D eigenvalue weighted by molar-refractivity contribution is 5.62. The molecule has 0 unspecified atom stereocenters. The van der Waals surface area contributed by atoms with Crippen LogP contribution in [0.1, 0.15) is 0 Å². The molecule has 2 N–H and O–H groups in total. The second kappa shape index (κ2) is 5.85. The molecule has 7 heteroatoms. The van der Waals surface area contributed by atoms with Crippen molar-refractivity contribution in [2.75, 3.05) is 51.0 Å². The predicted octanol–water partition coefficient (Wildman–Crippen LogP) is 1.21. The lowest BCUT2D eigenvalue weighted by molar-refractivity contribution is -0.384. The molecule has 0 saturated carbocycles. The van der Waals surface area contributed by atoms with Gasteiger partial charge in [0.1, 0.15) is 0 Å². The van der Waals surface area contributed by atoms with Crippen LogP contribution in [0, 0.1) is 10.1 Å². The van der Waals surface area contributed by atoms with Crippen LogP contribution in [0.4, 0.5) is 17.1 Å². The van der Waals surface area contributed by atoms with E-state index in [0.29, 0.717) is 0 Å². The van der Waals surface area contributed by atoms with E-state index in [1.807, 2.05) is 6.07 Å². The van der Waals surface area contributed by atoms with Gasteiger partial charge in [0, 0.05) is 51.0 Å². The Balaban J connectivity index is 2.10. The van der Waals surface area contributed by atoms with Gasteiger partial charge in [-0.2, -0.15) is 0 Å². The molecule has 0 aliphatic carbocycles. The number of benzene rings is 1. The van der Waals surface area contributed by atoms with Crippen molar-refractivity contribution < 1.29 is 4.92 Å². The molecule has 1 aliphatic heterocycles. The molecule has 0 radical (unpaired) electrons. The average Bonchev–Trinajstić information content (AvgIpc) is 2.41. The number of rotatable bonds is 4. The number of nitrogens with one attached hydrogen (secondary N) is 2. The van der Waals surface area contributed by atoms with Crippen LogP contribution in [-0.4, -0.2) is 55.1 Å². The molecule has 2 rings (SSSR count). The molecule has 0 spiro atoms. The molecule has 0 atom stereocenters. The minimum absolute atomic E-state index is 0.0866. The first kappa shape index (κ1) is 13.6. The summed E-state index contributed by atoms with van der Waals surface area (Å²) in [5.74, 6) is 0. The van der Waals surface area contributed by atoms with Crippen molar-refractivity contribution in [1.82, 2.24) is 9.91 Å². The van der Waals surface area contributed by atoms with Gasteiger partial charge >= 0.3 is 0 Å². The van der Waals surface area contributed by atoms with E-state index in [2.05, 4.69) is 27.7 Å². The molecule has 0 bridgehead atoms. The van der Waals surface area contributed by atoms with Crippen LogP contribution in [0.25, 0.3) is 0 Å². The number of nitro groups is 1. The lowest BCUT2D eigenvalue weighted by atomic mass is 10.2. The fourth-order valence-corrected chi connectivity index (χ4v) is 2.03. The predicted molar refractivity (Wildman–Crippen MR) is 75.3 cm³/mol. The number of hydrogen-bond donors (Lipinski definition) is 2. The fraction of sp³-hybridized carbons (Fsp3) is 0.500. The number of anilines is 2. The zero-order valence-corrected chi connectivity index (χ0v) is 11.2. The summed E-state index contributed by atoms with van der Waals surface area (Å²) in [7, 11) is 3.84. The quantitative estimate of drug-likeness (QED) is 0.629. The second-order valence-corrected chi connectivity index (χ2v) is 4.68. The van der Waals surface area contributed by atoms with Crippen LogP contribution in [0.15, 0.2) is 18.2 Å². The highest BCUT2D eigenvalue weighted by atomic mass is 16.6. The van der Waals surface area contributed by atoms with Crippen LogP contribution in [-0.2, 0) is 0 Å². The number of nitro benzene ring substituents is 1. The van der Waals surface area contributed by atoms with Gasteiger partial charge in [-0.15, -0.1) is 0 Å². The zero-order valence-electron chi connectivity index (χ0n) is 11.2.